The Bertz CT molecular complexity index is 731. The van der Waals surface area contributed by atoms with Crippen molar-refractivity contribution in [3.05, 3.63) is 71.3 Å². The molecule has 2 N–H and O–H groups in total. The molecule has 2 aromatic carbocycles. The standard InChI is InChI=1S/C21H27N3O2/c1-3-23(2)20(25)18-11-7-12-19(15-18)21(26)24(14-8-13-22)16-17-9-5-4-6-10-17/h4-7,9-12,15H,3,8,13-14,16,22H2,1-2H3. The zero-order chi connectivity index (χ0) is 18.9. The van der Waals surface area contributed by atoms with Gasteiger partial charge in [0.1, 0.15) is 0 Å². The van der Waals surface area contributed by atoms with Gasteiger partial charge in [0.05, 0.1) is 0 Å². The van der Waals surface area contributed by atoms with Gasteiger partial charge in [-0.15, -0.1) is 0 Å². The second kappa shape index (κ2) is 9.73. The maximum absolute atomic E-state index is 13.0. The van der Waals surface area contributed by atoms with Gasteiger partial charge in [-0.25, -0.2) is 0 Å². The van der Waals surface area contributed by atoms with Gasteiger partial charge in [0, 0.05) is 37.8 Å². The molecule has 2 aromatic rings. The summed E-state index contributed by atoms with van der Waals surface area (Å²) in [5.41, 5.74) is 7.75. The first-order valence-corrected chi connectivity index (χ1v) is 8.95. The average Bonchev–Trinajstić information content (AvgIpc) is 2.70. The Labute approximate surface area is 155 Å². The summed E-state index contributed by atoms with van der Waals surface area (Å²) in [6.45, 7) is 4.16. The van der Waals surface area contributed by atoms with Gasteiger partial charge in [-0.05, 0) is 43.7 Å². The molecule has 0 radical (unpaired) electrons. The predicted molar refractivity (Wildman–Crippen MR) is 104 cm³/mol. The van der Waals surface area contributed by atoms with Crippen LogP contribution in [0.4, 0.5) is 0 Å². The maximum Gasteiger partial charge on any atom is 0.254 e. The quantitative estimate of drug-likeness (QED) is 0.793. The third kappa shape index (κ3) is 5.17. The van der Waals surface area contributed by atoms with Crippen molar-refractivity contribution in [1.82, 2.24) is 9.80 Å². The van der Waals surface area contributed by atoms with Crippen LogP contribution < -0.4 is 5.73 Å². The molecule has 0 fully saturated rings. The molecule has 2 amide bonds. The van der Waals surface area contributed by atoms with E-state index in [1.807, 2.05) is 37.3 Å². The van der Waals surface area contributed by atoms with Crippen molar-refractivity contribution >= 4 is 11.8 Å². The summed E-state index contributed by atoms with van der Waals surface area (Å²) in [4.78, 5) is 28.8. The number of carbonyl (C=O) groups is 2. The van der Waals surface area contributed by atoms with E-state index in [2.05, 4.69) is 0 Å². The molecule has 138 valence electrons. The molecule has 0 bridgehead atoms. The van der Waals surface area contributed by atoms with Crippen molar-refractivity contribution in [1.29, 1.82) is 0 Å². The van der Waals surface area contributed by atoms with Crippen LogP contribution >= 0.6 is 0 Å². The highest BCUT2D eigenvalue weighted by atomic mass is 16.2. The molecular formula is C21H27N3O2. The number of nitrogens with two attached hydrogens (primary N) is 1. The smallest absolute Gasteiger partial charge is 0.254 e. The van der Waals surface area contributed by atoms with Crippen LogP contribution in [0.5, 0.6) is 0 Å². The lowest BCUT2D eigenvalue weighted by Crippen LogP contribution is -2.33. The third-order valence-corrected chi connectivity index (χ3v) is 4.31. The van der Waals surface area contributed by atoms with Crippen LogP contribution in [0.1, 0.15) is 39.6 Å². The number of nitrogens with zero attached hydrogens (tertiary/aromatic N) is 2. The van der Waals surface area contributed by atoms with E-state index in [1.165, 1.54) is 0 Å². The first-order chi connectivity index (χ1) is 12.6. The van der Waals surface area contributed by atoms with Crippen LogP contribution in [0.25, 0.3) is 0 Å². The molecule has 0 saturated carbocycles. The van der Waals surface area contributed by atoms with Gasteiger partial charge in [-0.3, -0.25) is 9.59 Å². The van der Waals surface area contributed by atoms with E-state index >= 15 is 0 Å². The van der Waals surface area contributed by atoms with Gasteiger partial charge in [-0.2, -0.15) is 0 Å². The number of benzene rings is 2. The Morgan fingerprint density at radius 3 is 2.23 bits per heavy atom. The van der Waals surface area contributed by atoms with E-state index in [1.54, 1.807) is 41.1 Å². The van der Waals surface area contributed by atoms with Gasteiger partial charge in [0.2, 0.25) is 0 Å². The molecule has 0 saturated heterocycles. The zero-order valence-electron chi connectivity index (χ0n) is 15.5. The summed E-state index contributed by atoms with van der Waals surface area (Å²) in [7, 11) is 1.75. The second-order valence-electron chi connectivity index (χ2n) is 6.25. The monoisotopic (exact) mass is 353 g/mol. The van der Waals surface area contributed by atoms with Crippen molar-refractivity contribution in [2.24, 2.45) is 5.73 Å². The fraction of sp³-hybridized carbons (Fsp3) is 0.333. The Morgan fingerprint density at radius 2 is 1.62 bits per heavy atom. The highest BCUT2D eigenvalue weighted by Gasteiger charge is 2.18. The highest BCUT2D eigenvalue weighted by Crippen LogP contribution is 2.14. The van der Waals surface area contributed by atoms with E-state index in [0.717, 1.165) is 12.0 Å². The lowest BCUT2D eigenvalue weighted by Gasteiger charge is -2.23. The minimum atomic E-state index is -0.0869. The van der Waals surface area contributed by atoms with Crippen LogP contribution in [0.15, 0.2) is 54.6 Å². The number of carbonyl (C=O) groups excluding carboxylic acids is 2. The van der Waals surface area contributed by atoms with Gasteiger partial charge in [0.25, 0.3) is 11.8 Å². The largest absolute Gasteiger partial charge is 0.342 e. The van der Waals surface area contributed by atoms with Gasteiger partial charge in [0.15, 0.2) is 0 Å². The molecule has 26 heavy (non-hydrogen) atoms. The normalized spacial score (nSPS) is 10.4. The lowest BCUT2D eigenvalue weighted by molar-refractivity contribution is 0.0742. The summed E-state index contributed by atoms with van der Waals surface area (Å²) >= 11 is 0. The van der Waals surface area contributed by atoms with Crippen molar-refractivity contribution in [2.45, 2.75) is 19.9 Å². The molecule has 0 unspecified atom stereocenters. The Balaban J connectivity index is 2.23. The van der Waals surface area contributed by atoms with E-state index in [-0.39, 0.29) is 11.8 Å². The first-order valence-electron chi connectivity index (χ1n) is 8.95. The fourth-order valence-corrected chi connectivity index (χ4v) is 2.67. The first kappa shape index (κ1) is 19.7. The molecule has 0 aliphatic carbocycles. The van der Waals surface area contributed by atoms with Gasteiger partial charge >= 0.3 is 0 Å². The van der Waals surface area contributed by atoms with Crippen LogP contribution in [0, 0.1) is 0 Å². The second-order valence-corrected chi connectivity index (χ2v) is 6.25. The molecule has 5 heteroatoms. The topological polar surface area (TPSA) is 66.6 Å². The molecule has 0 heterocycles. The Hall–Kier alpha value is -2.66. The molecule has 0 atom stereocenters. The van der Waals surface area contributed by atoms with E-state index in [0.29, 0.717) is 37.3 Å². The number of hydrogen-bond donors (Lipinski definition) is 1. The third-order valence-electron chi connectivity index (χ3n) is 4.31. The molecule has 0 aliphatic heterocycles. The summed E-state index contributed by atoms with van der Waals surface area (Å²) in [5, 5.41) is 0. The Morgan fingerprint density at radius 1 is 0.962 bits per heavy atom. The Kier molecular flexibility index (Phi) is 7.36. The molecule has 2 rings (SSSR count). The molecule has 0 aliphatic rings. The van der Waals surface area contributed by atoms with Crippen molar-refractivity contribution in [3.63, 3.8) is 0 Å². The van der Waals surface area contributed by atoms with Crippen molar-refractivity contribution in [3.8, 4) is 0 Å². The SMILES string of the molecule is CCN(C)C(=O)c1cccc(C(=O)N(CCCN)Cc2ccccc2)c1. The highest BCUT2D eigenvalue weighted by molar-refractivity contribution is 5.99. The maximum atomic E-state index is 13.0. The summed E-state index contributed by atoms with van der Waals surface area (Å²) < 4.78 is 0. The minimum absolute atomic E-state index is 0.0845. The van der Waals surface area contributed by atoms with E-state index in [4.69, 9.17) is 5.73 Å². The van der Waals surface area contributed by atoms with Crippen molar-refractivity contribution in [2.75, 3.05) is 26.7 Å². The van der Waals surface area contributed by atoms with Crippen LogP contribution in [-0.4, -0.2) is 48.3 Å². The van der Waals surface area contributed by atoms with E-state index < -0.39 is 0 Å². The number of rotatable bonds is 8. The van der Waals surface area contributed by atoms with Crippen molar-refractivity contribution < 1.29 is 9.59 Å². The van der Waals surface area contributed by atoms with Crippen LogP contribution in [-0.2, 0) is 6.54 Å². The minimum Gasteiger partial charge on any atom is -0.342 e. The molecule has 5 nitrogen and oxygen atoms in total. The number of amides is 2. The van der Waals surface area contributed by atoms with E-state index in [9.17, 15) is 9.59 Å². The number of hydrogen-bond acceptors (Lipinski definition) is 3. The van der Waals surface area contributed by atoms with Crippen LogP contribution in [0.2, 0.25) is 0 Å². The summed E-state index contributed by atoms with van der Waals surface area (Å²) in [5.74, 6) is -0.171. The van der Waals surface area contributed by atoms with Crippen LogP contribution in [0.3, 0.4) is 0 Å². The van der Waals surface area contributed by atoms with Gasteiger partial charge in [-0.1, -0.05) is 36.4 Å². The fourth-order valence-electron chi connectivity index (χ4n) is 2.67. The predicted octanol–water partition coefficient (Wildman–Crippen LogP) is 2.77. The van der Waals surface area contributed by atoms with Gasteiger partial charge < -0.3 is 15.5 Å². The molecule has 0 aromatic heterocycles. The molecule has 0 spiro atoms. The summed E-state index contributed by atoms with van der Waals surface area (Å²) in [6, 6.07) is 16.8. The lowest BCUT2D eigenvalue weighted by atomic mass is 10.1. The summed E-state index contributed by atoms with van der Waals surface area (Å²) in [6.07, 6.45) is 0.732. The zero-order valence-corrected chi connectivity index (χ0v) is 15.5. The average molecular weight is 353 g/mol. The molecular weight excluding hydrogens is 326 g/mol.